The summed E-state index contributed by atoms with van der Waals surface area (Å²) in [5.41, 5.74) is 5.91. The van der Waals surface area contributed by atoms with Gasteiger partial charge in [0.2, 0.25) is 0 Å². The molecule has 0 aromatic heterocycles. The molecule has 2 aromatic rings. The van der Waals surface area contributed by atoms with E-state index in [0.717, 1.165) is 6.07 Å². The summed E-state index contributed by atoms with van der Waals surface area (Å²) < 4.78 is 18.0. The van der Waals surface area contributed by atoms with E-state index in [-0.39, 0.29) is 22.5 Å². The molecule has 0 spiro atoms. The normalized spacial score (nSPS) is 10.0. The number of nitrogen functional groups attached to an aromatic ring is 1. The van der Waals surface area contributed by atoms with Crippen LogP contribution >= 0.6 is 0 Å². The number of carbonyl (C=O) groups excluding carboxylic acids is 2. The summed E-state index contributed by atoms with van der Waals surface area (Å²) in [6, 6.07) is 10.1. The number of hydrogen-bond donors (Lipinski definition) is 2. The number of halogens is 1. The Morgan fingerprint density at radius 3 is 2.57 bits per heavy atom. The van der Waals surface area contributed by atoms with Gasteiger partial charge in [-0.15, -0.1) is 0 Å². The van der Waals surface area contributed by atoms with Crippen LogP contribution in [0.3, 0.4) is 0 Å². The number of para-hydroxylation sites is 1. The first-order valence-corrected chi connectivity index (χ1v) is 6.06. The van der Waals surface area contributed by atoms with E-state index >= 15 is 0 Å². The van der Waals surface area contributed by atoms with Gasteiger partial charge < -0.3 is 15.8 Å². The fraction of sp³-hybridized carbons (Fsp3) is 0.0667. The third kappa shape index (κ3) is 3.17. The lowest BCUT2D eigenvalue weighted by Crippen LogP contribution is -2.15. The fourth-order valence-electron chi connectivity index (χ4n) is 1.74. The van der Waals surface area contributed by atoms with Gasteiger partial charge in [0.1, 0.15) is 5.82 Å². The van der Waals surface area contributed by atoms with E-state index in [2.05, 4.69) is 10.1 Å². The molecule has 3 N–H and O–H groups in total. The minimum absolute atomic E-state index is 0.0403. The van der Waals surface area contributed by atoms with Gasteiger partial charge >= 0.3 is 5.97 Å². The SMILES string of the molecule is COC(=O)c1ccccc1NC(=O)c1ccc(N)c(F)c1. The van der Waals surface area contributed by atoms with Crippen LogP contribution in [0, 0.1) is 5.82 Å². The molecule has 0 atom stereocenters. The number of ether oxygens (including phenoxy) is 1. The lowest BCUT2D eigenvalue weighted by Gasteiger charge is -2.10. The van der Waals surface area contributed by atoms with Crippen molar-refractivity contribution in [3.63, 3.8) is 0 Å². The molecule has 0 saturated carbocycles. The highest BCUT2D eigenvalue weighted by Crippen LogP contribution is 2.18. The predicted octanol–water partition coefficient (Wildman–Crippen LogP) is 2.45. The van der Waals surface area contributed by atoms with Crippen molar-refractivity contribution in [1.82, 2.24) is 0 Å². The summed E-state index contributed by atoms with van der Waals surface area (Å²) in [7, 11) is 1.25. The molecule has 0 unspecified atom stereocenters. The lowest BCUT2D eigenvalue weighted by molar-refractivity contribution is 0.0602. The second kappa shape index (κ2) is 6.04. The average molecular weight is 288 g/mol. The molecule has 0 aliphatic heterocycles. The highest BCUT2D eigenvalue weighted by atomic mass is 19.1. The Labute approximate surface area is 120 Å². The molecular formula is C15H13FN2O3. The van der Waals surface area contributed by atoms with Gasteiger partial charge in [-0.05, 0) is 30.3 Å². The summed E-state index contributed by atoms with van der Waals surface area (Å²) in [6.45, 7) is 0. The number of carbonyl (C=O) groups is 2. The molecule has 0 fully saturated rings. The number of nitrogens with one attached hydrogen (secondary N) is 1. The van der Waals surface area contributed by atoms with Crippen LogP contribution in [0.4, 0.5) is 15.8 Å². The molecule has 1 amide bonds. The van der Waals surface area contributed by atoms with Crippen molar-refractivity contribution >= 4 is 23.3 Å². The van der Waals surface area contributed by atoms with Gasteiger partial charge in [-0.1, -0.05) is 12.1 Å². The predicted molar refractivity (Wildman–Crippen MR) is 76.5 cm³/mol. The molecule has 108 valence electrons. The van der Waals surface area contributed by atoms with E-state index in [4.69, 9.17) is 5.73 Å². The minimum atomic E-state index is -0.677. The van der Waals surface area contributed by atoms with Gasteiger partial charge in [0.15, 0.2) is 0 Å². The first kappa shape index (κ1) is 14.5. The monoisotopic (exact) mass is 288 g/mol. The first-order valence-electron chi connectivity index (χ1n) is 6.06. The van der Waals surface area contributed by atoms with E-state index in [1.54, 1.807) is 18.2 Å². The second-order valence-electron chi connectivity index (χ2n) is 4.23. The summed E-state index contributed by atoms with van der Waals surface area (Å²) in [4.78, 5) is 23.7. The molecule has 0 heterocycles. The molecule has 0 aliphatic carbocycles. The zero-order valence-electron chi connectivity index (χ0n) is 11.2. The van der Waals surface area contributed by atoms with E-state index < -0.39 is 17.7 Å². The van der Waals surface area contributed by atoms with Crippen molar-refractivity contribution in [2.45, 2.75) is 0 Å². The van der Waals surface area contributed by atoms with E-state index in [1.807, 2.05) is 0 Å². The number of nitrogens with two attached hydrogens (primary N) is 1. The molecule has 21 heavy (non-hydrogen) atoms. The number of hydrogen-bond acceptors (Lipinski definition) is 4. The average Bonchev–Trinajstić information content (AvgIpc) is 2.49. The molecule has 0 bridgehead atoms. The van der Waals surface area contributed by atoms with E-state index in [9.17, 15) is 14.0 Å². The Balaban J connectivity index is 2.27. The second-order valence-corrected chi connectivity index (χ2v) is 4.23. The van der Waals surface area contributed by atoms with Crippen molar-refractivity contribution in [3.8, 4) is 0 Å². The van der Waals surface area contributed by atoms with Crippen LogP contribution in [0.5, 0.6) is 0 Å². The summed E-state index contributed by atoms with van der Waals surface area (Å²) in [6.07, 6.45) is 0. The van der Waals surface area contributed by atoms with Crippen molar-refractivity contribution in [3.05, 3.63) is 59.4 Å². The third-order valence-electron chi connectivity index (χ3n) is 2.84. The third-order valence-corrected chi connectivity index (χ3v) is 2.84. The largest absolute Gasteiger partial charge is 0.465 e. The van der Waals surface area contributed by atoms with Crippen LogP contribution in [0.15, 0.2) is 42.5 Å². The fourth-order valence-corrected chi connectivity index (χ4v) is 1.74. The first-order chi connectivity index (χ1) is 10.0. The Hall–Kier alpha value is -2.89. The van der Waals surface area contributed by atoms with E-state index in [0.29, 0.717) is 0 Å². The zero-order chi connectivity index (χ0) is 15.4. The van der Waals surface area contributed by atoms with Crippen LogP contribution in [0.25, 0.3) is 0 Å². The van der Waals surface area contributed by atoms with Crippen LogP contribution in [-0.4, -0.2) is 19.0 Å². The van der Waals surface area contributed by atoms with Crippen LogP contribution in [0.2, 0.25) is 0 Å². The Bertz CT molecular complexity index is 701. The molecule has 0 aliphatic rings. The maximum Gasteiger partial charge on any atom is 0.339 e. The smallest absolute Gasteiger partial charge is 0.339 e. The van der Waals surface area contributed by atoms with Crippen molar-refractivity contribution in [2.75, 3.05) is 18.2 Å². The molecule has 6 heteroatoms. The molecule has 2 rings (SSSR count). The number of benzene rings is 2. The number of rotatable bonds is 3. The van der Waals surface area contributed by atoms with E-state index in [1.165, 1.54) is 25.3 Å². The maximum atomic E-state index is 13.4. The maximum absolute atomic E-state index is 13.4. The standard InChI is InChI=1S/C15H13FN2O3/c1-21-15(20)10-4-2-3-5-13(10)18-14(19)9-6-7-12(17)11(16)8-9/h2-8H,17H2,1H3,(H,18,19). The highest BCUT2D eigenvalue weighted by molar-refractivity contribution is 6.08. The zero-order valence-corrected chi connectivity index (χ0v) is 11.2. The summed E-state index contributed by atoms with van der Waals surface area (Å²) in [5.74, 6) is -1.80. The Morgan fingerprint density at radius 2 is 1.90 bits per heavy atom. The molecule has 0 saturated heterocycles. The Morgan fingerprint density at radius 1 is 1.19 bits per heavy atom. The highest BCUT2D eigenvalue weighted by Gasteiger charge is 2.15. The summed E-state index contributed by atoms with van der Waals surface area (Å²) in [5, 5.41) is 2.54. The van der Waals surface area contributed by atoms with Gasteiger partial charge in [-0.25, -0.2) is 9.18 Å². The quantitative estimate of drug-likeness (QED) is 0.671. The van der Waals surface area contributed by atoms with Gasteiger partial charge in [-0.3, -0.25) is 4.79 Å². The lowest BCUT2D eigenvalue weighted by atomic mass is 10.1. The van der Waals surface area contributed by atoms with Crippen LogP contribution < -0.4 is 11.1 Å². The number of esters is 1. The molecule has 0 radical (unpaired) electrons. The van der Waals surface area contributed by atoms with Crippen LogP contribution in [-0.2, 0) is 4.74 Å². The molecule has 2 aromatic carbocycles. The molecular weight excluding hydrogens is 275 g/mol. The van der Waals surface area contributed by atoms with Gasteiger partial charge in [0, 0.05) is 5.56 Å². The van der Waals surface area contributed by atoms with Crippen molar-refractivity contribution in [2.24, 2.45) is 0 Å². The number of methoxy groups -OCH3 is 1. The molecule has 5 nitrogen and oxygen atoms in total. The van der Waals surface area contributed by atoms with Crippen molar-refractivity contribution < 1.29 is 18.7 Å². The topological polar surface area (TPSA) is 81.4 Å². The van der Waals surface area contributed by atoms with Gasteiger partial charge in [0.05, 0.1) is 24.0 Å². The summed E-state index contributed by atoms with van der Waals surface area (Å²) >= 11 is 0. The van der Waals surface area contributed by atoms with Crippen LogP contribution in [0.1, 0.15) is 20.7 Å². The number of anilines is 2. The number of amides is 1. The minimum Gasteiger partial charge on any atom is -0.465 e. The van der Waals surface area contributed by atoms with Gasteiger partial charge in [0.25, 0.3) is 5.91 Å². The Kier molecular flexibility index (Phi) is 4.18. The van der Waals surface area contributed by atoms with Gasteiger partial charge in [-0.2, -0.15) is 0 Å². The van der Waals surface area contributed by atoms with Crippen molar-refractivity contribution in [1.29, 1.82) is 0 Å².